The molecule has 25 heavy (non-hydrogen) atoms. The molecule has 3 fully saturated rings. The first kappa shape index (κ1) is 17.4. The zero-order valence-corrected chi connectivity index (χ0v) is 16.0. The Bertz CT molecular complexity index is 720. The Morgan fingerprint density at radius 2 is 1.92 bits per heavy atom. The third-order valence-electron chi connectivity index (χ3n) is 6.34. The summed E-state index contributed by atoms with van der Waals surface area (Å²) in [5.74, 6) is 1.38. The van der Waals surface area contributed by atoms with Gasteiger partial charge in [-0.25, -0.2) is 12.7 Å². The molecule has 8 heteroatoms. The molecule has 0 radical (unpaired) electrons. The highest BCUT2D eigenvalue weighted by Gasteiger charge is 2.59. The van der Waals surface area contributed by atoms with Gasteiger partial charge < -0.3 is 4.52 Å². The Labute approximate surface area is 149 Å². The molecule has 0 N–H and O–H groups in total. The summed E-state index contributed by atoms with van der Waals surface area (Å²) in [6, 6.07) is 0.668. The molecule has 2 saturated heterocycles. The number of likely N-dealkylation sites (tertiary alicyclic amines) is 1. The molecule has 7 nitrogen and oxygen atoms in total. The monoisotopic (exact) mass is 368 g/mol. The van der Waals surface area contributed by atoms with Crippen molar-refractivity contribution in [1.82, 2.24) is 19.3 Å². The summed E-state index contributed by atoms with van der Waals surface area (Å²) in [7, 11) is -3.20. The first-order valence-corrected chi connectivity index (χ1v) is 11.1. The smallest absolute Gasteiger partial charge is 0.231 e. The van der Waals surface area contributed by atoms with Crippen LogP contribution in [-0.4, -0.2) is 65.7 Å². The molecule has 4 rings (SSSR count). The number of hydrogen-bond donors (Lipinski definition) is 0. The van der Waals surface area contributed by atoms with Gasteiger partial charge in [-0.3, -0.25) is 4.90 Å². The fourth-order valence-electron chi connectivity index (χ4n) is 4.90. The van der Waals surface area contributed by atoms with E-state index >= 15 is 0 Å². The third-order valence-corrected chi connectivity index (χ3v) is 8.14. The Kier molecular flexibility index (Phi) is 4.40. The van der Waals surface area contributed by atoms with Crippen molar-refractivity contribution in [3.63, 3.8) is 0 Å². The van der Waals surface area contributed by atoms with Gasteiger partial charge in [-0.1, -0.05) is 24.4 Å². The van der Waals surface area contributed by atoms with E-state index in [1.807, 2.05) is 6.92 Å². The zero-order valence-electron chi connectivity index (χ0n) is 15.1. The molecule has 1 unspecified atom stereocenters. The molecule has 0 bridgehead atoms. The van der Waals surface area contributed by atoms with Gasteiger partial charge in [0.2, 0.25) is 15.9 Å². The molecule has 3 aliphatic rings. The molecular weight excluding hydrogens is 340 g/mol. The van der Waals surface area contributed by atoms with Gasteiger partial charge in [0.25, 0.3) is 0 Å². The lowest BCUT2D eigenvalue weighted by molar-refractivity contribution is -0.0452. The van der Waals surface area contributed by atoms with Crippen LogP contribution in [0.1, 0.15) is 56.7 Å². The molecule has 1 atom stereocenters. The second-order valence-corrected chi connectivity index (χ2v) is 10.2. The summed E-state index contributed by atoms with van der Waals surface area (Å²) in [6.45, 7) is 6.46. The highest BCUT2D eigenvalue weighted by atomic mass is 32.2. The van der Waals surface area contributed by atoms with Crippen LogP contribution in [0.5, 0.6) is 0 Å². The quantitative estimate of drug-likeness (QED) is 0.806. The van der Waals surface area contributed by atoms with Crippen LogP contribution >= 0.6 is 0 Å². The van der Waals surface area contributed by atoms with Crippen LogP contribution in [0.25, 0.3) is 0 Å². The summed E-state index contributed by atoms with van der Waals surface area (Å²) in [6.07, 6.45) is 6.53. The van der Waals surface area contributed by atoms with E-state index in [4.69, 9.17) is 4.52 Å². The molecule has 0 aromatic carbocycles. The maximum absolute atomic E-state index is 12.4. The summed E-state index contributed by atoms with van der Waals surface area (Å²) in [4.78, 5) is 6.99. The molecule has 1 aliphatic carbocycles. The van der Waals surface area contributed by atoms with Crippen molar-refractivity contribution in [3.8, 4) is 0 Å². The molecule has 1 saturated carbocycles. The maximum atomic E-state index is 12.4. The third kappa shape index (κ3) is 3.02. The van der Waals surface area contributed by atoms with E-state index in [0.29, 0.717) is 30.8 Å². The zero-order chi connectivity index (χ0) is 17.7. The maximum Gasteiger partial charge on any atom is 0.231 e. The van der Waals surface area contributed by atoms with Crippen LogP contribution in [0.4, 0.5) is 0 Å². The van der Waals surface area contributed by atoms with Crippen LogP contribution in [0.3, 0.4) is 0 Å². The summed E-state index contributed by atoms with van der Waals surface area (Å²) in [5.41, 5.74) is -0.0708. The van der Waals surface area contributed by atoms with Crippen molar-refractivity contribution in [2.75, 3.05) is 31.9 Å². The van der Waals surface area contributed by atoms with Crippen LogP contribution in [0.2, 0.25) is 0 Å². The predicted molar refractivity (Wildman–Crippen MR) is 93.7 cm³/mol. The van der Waals surface area contributed by atoms with E-state index in [-0.39, 0.29) is 17.1 Å². The van der Waals surface area contributed by atoms with Crippen molar-refractivity contribution in [1.29, 1.82) is 0 Å². The Hall–Kier alpha value is -0.990. The summed E-state index contributed by atoms with van der Waals surface area (Å²) < 4.78 is 32.0. The van der Waals surface area contributed by atoms with Gasteiger partial charge in [-0.05, 0) is 26.7 Å². The topological polar surface area (TPSA) is 79.5 Å². The van der Waals surface area contributed by atoms with Gasteiger partial charge in [-0.15, -0.1) is 0 Å². The number of aromatic nitrogens is 2. The number of aryl methyl sites for hydroxylation is 1. The predicted octanol–water partition coefficient (Wildman–Crippen LogP) is 1.76. The summed E-state index contributed by atoms with van der Waals surface area (Å²) in [5, 5.41) is 3.93. The number of rotatable bonds is 4. The van der Waals surface area contributed by atoms with Crippen LogP contribution < -0.4 is 0 Å². The molecule has 1 aromatic heterocycles. The Morgan fingerprint density at radius 3 is 2.52 bits per heavy atom. The molecule has 3 heterocycles. The minimum atomic E-state index is -3.20. The minimum absolute atomic E-state index is 0.00913. The molecule has 2 aliphatic heterocycles. The van der Waals surface area contributed by atoms with E-state index in [0.717, 1.165) is 13.1 Å². The lowest BCUT2D eigenvalue weighted by atomic mass is 9.70. The Balaban J connectivity index is 1.56. The van der Waals surface area contributed by atoms with Gasteiger partial charge in [0, 0.05) is 37.6 Å². The molecule has 1 spiro atoms. The molecule has 0 amide bonds. The minimum Gasteiger partial charge on any atom is -0.339 e. The van der Waals surface area contributed by atoms with Crippen molar-refractivity contribution in [2.24, 2.45) is 5.41 Å². The van der Waals surface area contributed by atoms with E-state index in [9.17, 15) is 8.42 Å². The van der Waals surface area contributed by atoms with Gasteiger partial charge in [0.05, 0.1) is 11.7 Å². The first-order valence-electron chi connectivity index (χ1n) is 9.46. The highest BCUT2D eigenvalue weighted by molar-refractivity contribution is 7.89. The van der Waals surface area contributed by atoms with Crippen molar-refractivity contribution < 1.29 is 12.9 Å². The number of nitrogens with zero attached hydrogens (tertiary/aromatic N) is 4. The van der Waals surface area contributed by atoms with Gasteiger partial charge in [0.15, 0.2) is 5.82 Å². The largest absolute Gasteiger partial charge is 0.339 e. The van der Waals surface area contributed by atoms with Gasteiger partial charge in [-0.2, -0.15) is 4.98 Å². The second kappa shape index (κ2) is 6.32. The van der Waals surface area contributed by atoms with Crippen molar-refractivity contribution >= 4 is 10.0 Å². The lowest BCUT2D eigenvalue weighted by Gasteiger charge is -2.54. The van der Waals surface area contributed by atoms with E-state index < -0.39 is 10.0 Å². The Morgan fingerprint density at radius 1 is 1.20 bits per heavy atom. The molecule has 140 valence electrons. The van der Waals surface area contributed by atoms with E-state index in [1.54, 1.807) is 11.2 Å². The lowest BCUT2D eigenvalue weighted by Crippen LogP contribution is -2.63. The first-order chi connectivity index (χ1) is 11.9. The van der Waals surface area contributed by atoms with E-state index in [2.05, 4.69) is 15.0 Å². The van der Waals surface area contributed by atoms with Gasteiger partial charge in [0.1, 0.15) is 0 Å². The van der Waals surface area contributed by atoms with Crippen molar-refractivity contribution in [2.45, 2.75) is 57.9 Å². The molecular formula is C17H28N4O3S. The van der Waals surface area contributed by atoms with Crippen molar-refractivity contribution in [3.05, 3.63) is 11.7 Å². The second-order valence-electron chi connectivity index (χ2n) is 7.98. The fraction of sp³-hybridized carbons (Fsp3) is 0.882. The molecule has 1 aromatic rings. The highest BCUT2D eigenvalue weighted by Crippen LogP contribution is 2.50. The van der Waals surface area contributed by atoms with E-state index in [1.165, 1.54) is 32.1 Å². The van der Waals surface area contributed by atoms with Crippen LogP contribution in [0.15, 0.2) is 4.52 Å². The SMILES string of the molecule is CCS(=O)(=O)N1CC(c2nc(C)no2)C2(CN(C3CCCCC3)C2)C1. The van der Waals surface area contributed by atoms with Gasteiger partial charge >= 0.3 is 0 Å². The number of hydrogen-bond acceptors (Lipinski definition) is 6. The average molecular weight is 369 g/mol. The summed E-state index contributed by atoms with van der Waals surface area (Å²) >= 11 is 0. The average Bonchev–Trinajstić information content (AvgIpc) is 3.18. The van der Waals surface area contributed by atoms with Crippen LogP contribution in [0, 0.1) is 12.3 Å². The normalized spacial score (nSPS) is 28.5. The standard InChI is InChI=1S/C17H28N4O3S/c1-3-25(22,23)21-9-15(16-18-13(2)19-24-16)17(12-21)10-20(11-17)14-7-5-4-6-8-14/h14-15H,3-12H2,1-2H3. The fourth-order valence-corrected chi connectivity index (χ4v) is 6.09. The van der Waals surface area contributed by atoms with Crippen LogP contribution in [-0.2, 0) is 10.0 Å². The number of sulfonamides is 1.